The van der Waals surface area contributed by atoms with Crippen LogP contribution < -0.4 is 4.74 Å². The zero-order valence-electron chi connectivity index (χ0n) is 12.4. The predicted octanol–water partition coefficient (Wildman–Crippen LogP) is 5.69. The fourth-order valence-corrected chi connectivity index (χ4v) is 2.97. The summed E-state index contributed by atoms with van der Waals surface area (Å²) in [6.45, 7) is 9.56. The summed E-state index contributed by atoms with van der Waals surface area (Å²) in [5.41, 5.74) is 1.44. The molecule has 0 aromatic heterocycles. The van der Waals surface area contributed by atoms with E-state index in [0.717, 1.165) is 35.4 Å². The van der Waals surface area contributed by atoms with Gasteiger partial charge < -0.3 is 4.74 Å². The van der Waals surface area contributed by atoms with E-state index in [-0.39, 0.29) is 5.41 Å². The summed E-state index contributed by atoms with van der Waals surface area (Å²) >= 11 is 8.03. The summed E-state index contributed by atoms with van der Waals surface area (Å²) in [7, 11) is 0. The molecule has 1 rings (SSSR count). The standard InChI is InChI=1S/C16H25BrOS/c1-5-16(6-2,11-19)10-18-15-8-7-13(17)9-14(15)12(3)4/h7-9,12,19H,5-6,10-11H2,1-4H3. The smallest absolute Gasteiger partial charge is 0.122 e. The molecule has 0 radical (unpaired) electrons. The Kier molecular flexibility index (Phi) is 6.75. The molecule has 1 aromatic carbocycles. The van der Waals surface area contributed by atoms with Crippen molar-refractivity contribution in [2.24, 2.45) is 5.41 Å². The van der Waals surface area contributed by atoms with Gasteiger partial charge >= 0.3 is 0 Å². The Bertz CT molecular complexity index is 391. The Hall–Kier alpha value is -0.150. The van der Waals surface area contributed by atoms with Crippen molar-refractivity contribution in [2.45, 2.75) is 46.5 Å². The Labute approximate surface area is 131 Å². The van der Waals surface area contributed by atoms with Crippen LogP contribution in [0, 0.1) is 5.41 Å². The van der Waals surface area contributed by atoms with Gasteiger partial charge in [0, 0.05) is 9.89 Å². The van der Waals surface area contributed by atoms with Gasteiger partial charge in [-0.1, -0.05) is 43.6 Å². The van der Waals surface area contributed by atoms with Crippen molar-refractivity contribution in [3.05, 3.63) is 28.2 Å². The summed E-state index contributed by atoms with van der Waals surface area (Å²) in [6, 6.07) is 6.26. The first-order chi connectivity index (χ1) is 8.98. The maximum Gasteiger partial charge on any atom is 0.122 e. The number of thiol groups is 1. The van der Waals surface area contributed by atoms with Crippen molar-refractivity contribution in [3.63, 3.8) is 0 Å². The Morgan fingerprint density at radius 3 is 2.37 bits per heavy atom. The van der Waals surface area contributed by atoms with Gasteiger partial charge in [-0.25, -0.2) is 0 Å². The van der Waals surface area contributed by atoms with E-state index in [2.05, 4.69) is 68.4 Å². The van der Waals surface area contributed by atoms with Crippen molar-refractivity contribution in [1.29, 1.82) is 0 Å². The molecule has 0 bridgehead atoms. The molecule has 1 aromatic rings. The van der Waals surface area contributed by atoms with Gasteiger partial charge in [-0.15, -0.1) is 0 Å². The van der Waals surface area contributed by atoms with Crippen molar-refractivity contribution >= 4 is 28.6 Å². The molecule has 0 spiro atoms. The monoisotopic (exact) mass is 344 g/mol. The molecule has 0 aliphatic rings. The summed E-state index contributed by atoms with van der Waals surface area (Å²) < 4.78 is 7.23. The molecule has 1 nitrogen and oxygen atoms in total. The van der Waals surface area contributed by atoms with Crippen LogP contribution >= 0.6 is 28.6 Å². The molecule has 0 saturated carbocycles. The first kappa shape index (κ1) is 16.9. The minimum atomic E-state index is 0.185. The first-order valence-corrected chi connectivity index (χ1v) is 8.43. The number of halogens is 1. The van der Waals surface area contributed by atoms with Crippen molar-refractivity contribution in [1.82, 2.24) is 0 Å². The summed E-state index contributed by atoms with van der Waals surface area (Å²) in [5, 5.41) is 0. The molecule has 19 heavy (non-hydrogen) atoms. The average molecular weight is 345 g/mol. The number of hydrogen-bond acceptors (Lipinski definition) is 2. The average Bonchev–Trinajstić information content (AvgIpc) is 2.42. The highest BCUT2D eigenvalue weighted by atomic mass is 79.9. The van der Waals surface area contributed by atoms with E-state index in [1.54, 1.807) is 0 Å². The Morgan fingerprint density at radius 1 is 1.26 bits per heavy atom. The third-order valence-corrected chi connectivity index (χ3v) is 5.13. The summed E-state index contributed by atoms with van der Waals surface area (Å²) in [5.74, 6) is 2.33. The Morgan fingerprint density at radius 2 is 1.89 bits per heavy atom. The number of hydrogen-bond donors (Lipinski definition) is 1. The third-order valence-electron chi connectivity index (χ3n) is 3.96. The molecule has 0 atom stereocenters. The molecule has 0 saturated heterocycles. The summed E-state index contributed by atoms with van der Waals surface area (Å²) in [4.78, 5) is 0. The van der Waals surface area contributed by atoms with Gasteiger partial charge in [0.2, 0.25) is 0 Å². The second kappa shape index (κ2) is 7.58. The van der Waals surface area contributed by atoms with E-state index in [1.807, 2.05) is 6.07 Å². The van der Waals surface area contributed by atoms with Crippen LogP contribution in [0.5, 0.6) is 5.75 Å². The number of rotatable bonds is 7. The van der Waals surface area contributed by atoms with Crippen LogP contribution in [0.3, 0.4) is 0 Å². The topological polar surface area (TPSA) is 9.23 Å². The van der Waals surface area contributed by atoms with E-state index in [4.69, 9.17) is 4.74 Å². The summed E-state index contributed by atoms with van der Waals surface area (Å²) in [6.07, 6.45) is 2.20. The highest BCUT2D eigenvalue weighted by Gasteiger charge is 2.26. The largest absolute Gasteiger partial charge is 0.493 e. The van der Waals surface area contributed by atoms with Gasteiger partial charge in [-0.3, -0.25) is 0 Å². The van der Waals surface area contributed by atoms with Crippen LogP contribution in [-0.4, -0.2) is 12.4 Å². The van der Waals surface area contributed by atoms with E-state index >= 15 is 0 Å². The maximum absolute atomic E-state index is 6.12. The lowest BCUT2D eigenvalue weighted by Gasteiger charge is -2.30. The molecule has 0 aliphatic heterocycles. The molecule has 0 heterocycles. The molecule has 108 valence electrons. The van der Waals surface area contributed by atoms with E-state index < -0.39 is 0 Å². The van der Waals surface area contributed by atoms with Crippen LogP contribution in [-0.2, 0) is 0 Å². The van der Waals surface area contributed by atoms with Crippen molar-refractivity contribution in [3.8, 4) is 5.75 Å². The van der Waals surface area contributed by atoms with Gasteiger partial charge in [0.05, 0.1) is 6.61 Å². The first-order valence-electron chi connectivity index (χ1n) is 7.01. The SMILES string of the molecule is CCC(CC)(CS)COc1ccc(Br)cc1C(C)C. The van der Waals surface area contributed by atoms with Gasteiger partial charge in [-0.05, 0) is 48.3 Å². The van der Waals surface area contributed by atoms with Crippen LogP contribution in [0.1, 0.15) is 52.0 Å². The van der Waals surface area contributed by atoms with Gasteiger partial charge in [0.25, 0.3) is 0 Å². The second-order valence-electron chi connectivity index (χ2n) is 5.49. The second-order valence-corrected chi connectivity index (χ2v) is 6.72. The molecule has 0 unspecified atom stereocenters. The third kappa shape index (κ3) is 4.42. The normalized spacial score (nSPS) is 11.9. The molecule has 0 amide bonds. The van der Waals surface area contributed by atoms with Gasteiger partial charge in [0.15, 0.2) is 0 Å². The minimum absolute atomic E-state index is 0.185. The quantitative estimate of drug-likeness (QED) is 0.625. The van der Waals surface area contributed by atoms with Crippen molar-refractivity contribution < 1.29 is 4.74 Å². The zero-order valence-corrected chi connectivity index (χ0v) is 14.9. The fourth-order valence-electron chi connectivity index (χ4n) is 2.06. The Balaban J connectivity index is 2.88. The molecule has 0 fully saturated rings. The fraction of sp³-hybridized carbons (Fsp3) is 0.625. The van der Waals surface area contributed by atoms with E-state index in [1.165, 1.54) is 5.56 Å². The molecular formula is C16H25BrOS. The maximum atomic E-state index is 6.12. The molecule has 0 N–H and O–H groups in total. The molecule has 0 aliphatic carbocycles. The van der Waals surface area contributed by atoms with E-state index in [0.29, 0.717) is 5.92 Å². The molecule has 3 heteroatoms. The van der Waals surface area contributed by atoms with Crippen LogP contribution in [0.2, 0.25) is 0 Å². The van der Waals surface area contributed by atoms with Crippen LogP contribution in [0.4, 0.5) is 0 Å². The lowest BCUT2D eigenvalue weighted by molar-refractivity contribution is 0.155. The molecular weight excluding hydrogens is 320 g/mol. The van der Waals surface area contributed by atoms with Gasteiger partial charge in [0.1, 0.15) is 5.75 Å². The minimum Gasteiger partial charge on any atom is -0.493 e. The van der Waals surface area contributed by atoms with E-state index in [9.17, 15) is 0 Å². The number of ether oxygens (including phenoxy) is 1. The van der Waals surface area contributed by atoms with Gasteiger partial charge in [-0.2, -0.15) is 12.6 Å². The highest BCUT2D eigenvalue weighted by molar-refractivity contribution is 9.10. The zero-order chi connectivity index (χ0) is 14.5. The number of benzene rings is 1. The van der Waals surface area contributed by atoms with Crippen LogP contribution in [0.15, 0.2) is 22.7 Å². The predicted molar refractivity (Wildman–Crippen MR) is 90.6 cm³/mol. The van der Waals surface area contributed by atoms with Crippen molar-refractivity contribution in [2.75, 3.05) is 12.4 Å². The van der Waals surface area contributed by atoms with Crippen LogP contribution in [0.25, 0.3) is 0 Å². The lowest BCUT2D eigenvalue weighted by Crippen LogP contribution is -2.29. The highest BCUT2D eigenvalue weighted by Crippen LogP contribution is 2.33. The lowest BCUT2D eigenvalue weighted by atomic mass is 9.85.